The van der Waals surface area contributed by atoms with Crippen molar-refractivity contribution in [2.24, 2.45) is 0 Å². The van der Waals surface area contributed by atoms with Gasteiger partial charge in [0.1, 0.15) is 11.6 Å². The molecule has 0 saturated carbocycles. The number of rotatable bonds is 6. The average Bonchev–Trinajstić information content (AvgIpc) is 2.44. The Bertz CT molecular complexity index is 575. The summed E-state index contributed by atoms with van der Waals surface area (Å²) >= 11 is 1.42. The van der Waals surface area contributed by atoms with Crippen LogP contribution in [-0.2, 0) is 12.3 Å². The lowest BCUT2D eigenvalue weighted by molar-refractivity contribution is 0.602. The summed E-state index contributed by atoms with van der Waals surface area (Å²) in [5.41, 5.74) is 1.92. The Hall–Kier alpha value is -1.46. The zero-order chi connectivity index (χ0) is 14.4. The number of hydrogen-bond acceptors (Lipinski definition) is 4. The van der Waals surface area contributed by atoms with Crippen LogP contribution in [0.2, 0.25) is 0 Å². The quantitative estimate of drug-likeness (QED) is 0.829. The van der Waals surface area contributed by atoms with E-state index in [1.807, 2.05) is 19.1 Å². The fourth-order valence-electron chi connectivity index (χ4n) is 1.81. The first kappa shape index (κ1) is 14.9. The average molecular weight is 291 g/mol. The molecule has 1 heterocycles. The molecule has 106 valence electrons. The molecule has 1 N–H and O–H groups in total. The molecule has 0 saturated heterocycles. The van der Waals surface area contributed by atoms with Gasteiger partial charge in [-0.15, -0.1) is 11.8 Å². The third-order valence-electron chi connectivity index (χ3n) is 2.70. The lowest BCUT2D eigenvalue weighted by Gasteiger charge is -2.07. The Morgan fingerprint density at radius 1 is 1.25 bits per heavy atom. The largest absolute Gasteiger partial charge is 0.311 e. The van der Waals surface area contributed by atoms with E-state index in [1.54, 1.807) is 12.1 Å². The maximum atomic E-state index is 13.5. The zero-order valence-electron chi connectivity index (χ0n) is 11.7. The molecule has 0 aliphatic rings. The second kappa shape index (κ2) is 7.36. The minimum absolute atomic E-state index is 0.196. The van der Waals surface area contributed by atoms with Gasteiger partial charge in [0.25, 0.3) is 0 Å². The van der Waals surface area contributed by atoms with Crippen molar-refractivity contribution in [1.82, 2.24) is 15.3 Å². The molecule has 20 heavy (non-hydrogen) atoms. The van der Waals surface area contributed by atoms with Crippen molar-refractivity contribution in [3.05, 3.63) is 53.4 Å². The third-order valence-corrected chi connectivity index (χ3v) is 3.75. The minimum atomic E-state index is -0.196. The maximum Gasteiger partial charge on any atom is 0.139 e. The van der Waals surface area contributed by atoms with Gasteiger partial charge in [-0.3, -0.25) is 0 Å². The highest BCUT2D eigenvalue weighted by Crippen LogP contribution is 2.24. The Kier molecular flexibility index (Phi) is 5.49. The van der Waals surface area contributed by atoms with Gasteiger partial charge in [0.05, 0.1) is 11.4 Å². The van der Waals surface area contributed by atoms with Crippen LogP contribution in [0.1, 0.15) is 24.1 Å². The van der Waals surface area contributed by atoms with Gasteiger partial charge >= 0.3 is 0 Å². The predicted octanol–water partition coefficient (Wildman–Crippen LogP) is 3.33. The first-order chi connectivity index (χ1) is 9.69. The standard InChI is InChI=1S/C15H18FN3S/c1-3-17-9-12-8-11(2)18-15(19-12)10-20-14-7-5-4-6-13(14)16/h4-8,17H,3,9-10H2,1-2H3. The van der Waals surface area contributed by atoms with Gasteiger partial charge < -0.3 is 5.32 Å². The van der Waals surface area contributed by atoms with Crippen LogP contribution >= 0.6 is 11.8 Å². The fourth-order valence-corrected chi connectivity index (χ4v) is 2.61. The lowest BCUT2D eigenvalue weighted by Crippen LogP contribution is -2.14. The molecule has 0 radical (unpaired) electrons. The summed E-state index contributed by atoms with van der Waals surface area (Å²) in [7, 11) is 0. The van der Waals surface area contributed by atoms with Crippen LogP contribution in [0, 0.1) is 12.7 Å². The SMILES string of the molecule is CCNCc1cc(C)nc(CSc2ccccc2F)n1. The highest BCUT2D eigenvalue weighted by molar-refractivity contribution is 7.98. The van der Waals surface area contributed by atoms with E-state index in [-0.39, 0.29) is 5.82 Å². The molecule has 0 fully saturated rings. The van der Waals surface area contributed by atoms with E-state index in [4.69, 9.17) is 0 Å². The zero-order valence-corrected chi connectivity index (χ0v) is 12.5. The second-order valence-corrected chi connectivity index (χ2v) is 5.43. The lowest BCUT2D eigenvalue weighted by atomic mass is 10.3. The third kappa shape index (κ3) is 4.28. The molecule has 0 unspecified atom stereocenters. The summed E-state index contributed by atoms with van der Waals surface area (Å²) in [5, 5.41) is 3.24. The number of aryl methyl sites for hydroxylation is 1. The number of nitrogens with one attached hydrogen (secondary N) is 1. The molecule has 2 aromatic rings. The molecular weight excluding hydrogens is 273 g/mol. The van der Waals surface area contributed by atoms with Crippen molar-refractivity contribution in [2.75, 3.05) is 6.54 Å². The highest BCUT2D eigenvalue weighted by atomic mass is 32.2. The monoisotopic (exact) mass is 291 g/mol. The highest BCUT2D eigenvalue weighted by Gasteiger charge is 2.06. The van der Waals surface area contributed by atoms with Gasteiger partial charge in [0, 0.05) is 17.1 Å². The number of benzene rings is 1. The summed E-state index contributed by atoms with van der Waals surface area (Å²) in [6, 6.07) is 8.74. The molecule has 0 amide bonds. The summed E-state index contributed by atoms with van der Waals surface area (Å²) in [6.07, 6.45) is 0. The maximum absolute atomic E-state index is 13.5. The van der Waals surface area contributed by atoms with E-state index >= 15 is 0 Å². The van der Waals surface area contributed by atoms with Crippen molar-refractivity contribution >= 4 is 11.8 Å². The van der Waals surface area contributed by atoms with E-state index in [2.05, 4.69) is 22.2 Å². The number of aromatic nitrogens is 2. The van der Waals surface area contributed by atoms with Crippen LogP contribution in [0.25, 0.3) is 0 Å². The normalized spacial score (nSPS) is 10.8. The number of nitrogens with zero attached hydrogens (tertiary/aromatic N) is 2. The Morgan fingerprint density at radius 2 is 2.05 bits per heavy atom. The van der Waals surface area contributed by atoms with Gasteiger partial charge in [0.15, 0.2) is 0 Å². The van der Waals surface area contributed by atoms with Crippen LogP contribution in [0.3, 0.4) is 0 Å². The van der Waals surface area contributed by atoms with Crippen molar-refractivity contribution in [1.29, 1.82) is 0 Å². The predicted molar refractivity (Wildman–Crippen MR) is 80.1 cm³/mol. The minimum Gasteiger partial charge on any atom is -0.311 e. The Morgan fingerprint density at radius 3 is 2.80 bits per heavy atom. The van der Waals surface area contributed by atoms with Crippen molar-refractivity contribution in [2.45, 2.75) is 31.0 Å². The van der Waals surface area contributed by atoms with Crippen LogP contribution < -0.4 is 5.32 Å². The first-order valence-electron chi connectivity index (χ1n) is 6.60. The molecule has 0 atom stereocenters. The van der Waals surface area contributed by atoms with E-state index in [9.17, 15) is 4.39 Å². The van der Waals surface area contributed by atoms with E-state index in [0.717, 1.165) is 30.3 Å². The molecule has 3 nitrogen and oxygen atoms in total. The Labute approximate surface area is 123 Å². The van der Waals surface area contributed by atoms with Crippen molar-refractivity contribution in [3.8, 4) is 0 Å². The van der Waals surface area contributed by atoms with Gasteiger partial charge in [-0.05, 0) is 31.7 Å². The number of hydrogen-bond donors (Lipinski definition) is 1. The molecular formula is C15H18FN3S. The molecule has 0 spiro atoms. The van der Waals surface area contributed by atoms with Crippen molar-refractivity contribution in [3.63, 3.8) is 0 Å². The topological polar surface area (TPSA) is 37.8 Å². The molecule has 1 aromatic carbocycles. The van der Waals surface area contributed by atoms with Crippen LogP contribution in [0.4, 0.5) is 4.39 Å². The van der Waals surface area contributed by atoms with E-state index < -0.39 is 0 Å². The van der Waals surface area contributed by atoms with Crippen LogP contribution in [0.15, 0.2) is 35.2 Å². The molecule has 5 heteroatoms. The molecule has 2 rings (SSSR count). The van der Waals surface area contributed by atoms with Crippen molar-refractivity contribution < 1.29 is 4.39 Å². The van der Waals surface area contributed by atoms with Crippen LogP contribution in [-0.4, -0.2) is 16.5 Å². The van der Waals surface area contributed by atoms with Gasteiger partial charge in [-0.2, -0.15) is 0 Å². The molecule has 0 aliphatic carbocycles. The number of thioether (sulfide) groups is 1. The molecule has 0 aliphatic heterocycles. The van der Waals surface area contributed by atoms with Gasteiger partial charge in [-0.1, -0.05) is 19.1 Å². The molecule has 1 aromatic heterocycles. The summed E-state index contributed by atoms with van der Waals surface area (Å²) in [6.45, 7) is 5.65. The summed E-state index contributed by atoms with van der Waals surface area (Å²) in [4.78, 5) is 9.53. The Balaban J connectivity index is 2.05. The summed E-state index contributed by atoms with van der Waals surface area (Å²) in [5.74, 6) is 1.12. The summed E-state index contributed by atoms with van der Waals surface area (Å²) < 4.78 is 13.5. The smallest absolute Gasteiger partial charge is 0.139 e. The van der Waals surface area contributed by atoms with Crippen LogP contribution in [0.5, 0.6) is 0 Å². The fraction of sp³-hybridized carbons (Fsp3) is 0.333. The van der Waals surface area contributed by atoms with Gasteiger partial charge in [-0.25, -0.2) is 14.4 Å². The van der Waals surface area contributed by atoms with E-state index in [0.29, 0.717) is 10.6 Å². The van der Waals surface area contributed by atoms with E-state index in [1.165, 1.54) is 17.8 Å². The first-order valence-corrected chi connectivity index (χ1v) is 7.59. The number of halogens is 1. The second-order valence-electron chi connectivity index (χ2n) is 4.42. The molecule has 0 bridgehead atoms. The van der Waals surface area contributed by atoms with Gasteiger partial charge in [0.2, 0.25) is 0 Å².